The van der Waals surface area contributed by atoms with Crippen molar-refractivity contribution in [3.05, 3.63) is 0 Å². The van der Waals surface area contributed by atoms with E-state index >= 15 is 0 Å². The number of amides is 1. The molecule has 0 saturated carbocycles. The van der Waals surface area contributed by atoms with E-state index in [1.165, 1.54) is 0 Å². The van der Waals surface area contributed by atoms with Gasteiger partial charge >= 0.3 is 6.09 Å². The molecule has 1 fully saturated rings. The Morgan fingerprint density at radius 1 is 1.14 bits per heavy atom. The minimum absolute atomic E-state index is 0.412. The normalized spacial score (nSPS) is 18.0. The Balaban J connectivity index is 2.51. The predicted octanol–water partition coefficient (Wildman–Crippen LogP) is 1.81. The first kappa shape index (κ1) is 24.5. The van der Waals surface area contributed by atoms with Crippen LogP contribution in [-0.4, -0.2) is 80.6 Å². The Morgan fingerprint density at radius 2 is 1.75 bits per heavy atom. The van der Waals surface area contributed by atoms with Gasteiger partial charge in [-0.1, -0.05) is 13.8 Å². The van der Waals surface area contributed by atoms with E-state index in [2.05, 4.69) is 39.7 Å². The summed E-state index contributed by atoms with van der Waals surface area (Å²) in [6.45, 7) is 18.8. The van der Waals surface area contributed by atoms with Gasteiger partial charge < -0.3 is 25.4 Å². The maximum Gasteiger partial charge on any atom is 0.408 e. The summed E-state index contributed by atoms with van der Waals surface area (Å²) in [5.74, 6) is 1.24. The van der Waals surface area contributed by atoms with Crippen LogP contribution in [0.1, 0.15) is 48.5 Å². The van der Waals surface area contributed by atoms with Gasteiger partial charge in [0.25, 0.3) is 0 Å². The fourth-order valence-corrected chi connectivity index (χ4v) is 3.05. The van der Waals surface area contributed by atoms with E-state index in [9.17, 15) is 4.79 Å². The van der Waals surface area contributed by atoms with Crippen LogP contribution in [0.3, 0.4) is 0 Å². The molecule has 0 aliphatic carbocycles. The minimum Gasteiger partial charge on any atom is -0.444 e. The van der Waals surface area contributed by atoms with E-state index in [0.29, 0.717) is 18.5 Å². The van der Waals surface area contributed by atoms with Crippen LogP contribution in [0.5, 0.6) is 0 Å². The van der Waals surface area contributed by atoms with Crippen molar-refractivity contribution in [2.75, 3.05) is 46.4 Å². The van der Waals surface area contributed by atoms with Crippen molar-refractivity contribution in [3.63, 3.8) is 0 Å². The predicted molar refractivity (Wildman–Crippen MR) is 114 cm³/mol. The molecule has 0 bridgehead atoms. The third-order valence-electron chi connectivity index (χ3n) is 4.52. The van der Waals surface area contributed by atoms with Gasteiger partial charge in [-0.25, -0.2) is 4.79 Å². The number of carbonyl (C=O) groups excluding carboxylic acids is 1. The van der Waals surface area contributed by atoms with Crippen molar-refractivity contribution in [2.45, 2.75) is 65.6 Å². The largest absolute Gasteiger partial charge is 0.444 e. The van der Waals surface area contributed by atoms with Gasteiger partial charge in [0.1, 0.15) is 5.60 Å². The molecule has 0 aromatic heterocycles. The second-order valence-corrected chi connectivity index (χ2v) is 9.28. The van der Waals surface area contributed by atoms with Crippen LogP contribution in [0.15, 0.2) is 4.99 Å². The van der Waals surface area contributed by atoms with E-state index in [4.69, 9.17) is 9.47 Å². The molecule has 28 heavy (non-hydrogen) atoms. The Bertz CT molecular complexity index is 508. The third kappa shape index (κ3) is 9.59. The number of alkyl carbamates (subject to hydrolysis) is 1. The summed E-state index contributed by atoms with van der Waals surface area (Å²) in [4.78, 5) is 18.8. The highest BCUT2D eigenvalue weighted by molar-refractivity contribution is 5.79. The molecule has 1 aliphatic heterocycles. The number of rotatable bonds is 7. The molecule has 8 heteroatoms. The number of carbonyl (C=O) groups is 1. The quantitative estimate of drug-likeness (QED) is 0.447. The van der Waals surface area contributed by atoms with Crippen LogP contribution in [-0.2, 0) is 9.47 Å². The number of morpholine rings is 1. The Kier molecular flexibility index (Phi) is 9.50. The van der Waals surface area contributed by atoms with Gasteiger partial charge in [-0.3, -0.25) is 9.89 Å². The van der Waals surface area contributed by atoms with Crippen LogP contribution in [0, 0.1) is 5.92 Å². The number of ether oxygens (including phenoxy) is 2. The van der Waals surface area contributed by atoms with Crippen molar-refractivity contribution in [2.24, 2.45) is 10.9 Å². The number of aliphatic imine (C=N–C) groups is 1. The molecule has 3 N–H and O–H groups in total. The molecule has 1 saturated heterocycles. The molecule has 1 atom stereocenters. The minimum atomic E-state index is -0.517. The summed E-state index contributed by atoms with van der Waals surface area (Å²) >= 11 is 0. The Morgan fingerprint density at radius 3 is 2.25 bits per heavy atom. The summed E-state index contributed by atoms with van der Waals surface area (Å²) in [7, 11) is 1.75. The first-order valence-electron chi connectivity index (χ1n) is 10.2. The van der Waals surface area contributed by atoms with Crippen molar-refractivity contribution in [1.29, 1.82) is 0 Å². The summed E-state index contributed by atoms with van der Waals surface area (Å²) in [6.07, 6.45) is -0.422. The molecule has 0 spiro atoms. The lowest BCUT2D eigenvalue weighted by Crippen LogP contribution is -2.56. The molecule has 1 amide bonds. The van der Waals surface area contributed by atoms with Crippen LogP contribution in [0.2, 0.25) is 0 Å². The zero-order chi connectivity index (χ0) is 21.4. The van der Waals surface area contributed by atoms with E-state index in [-0.39, 0.29) is 0 Å². The van der Waals surface area contributed by atoms with Crippen LogP contribution < -0.4 is 16.0 Å². The van der Waals surface area contributed by atoms with Gasteiger partial charge in [-0.15, -0.1) is 0 Å². The summed E-state index contributed by atoms with van der Waals surface area (Å²) in [6, 6.07) is 0.412. The SMILES string of the molecule is CN=C(NCC(C(C)C)N1CCOCC1)NCC(C)(C)NC(=O)OC(C)(C)C. The van der Waals surface area contributed by atoms with Gasteiger partial charge in [-0.2, -0.15) is 0 Å². The fraction of sp³-hybridized carbons (Fsp3) is 0.900. The van der Waals surface area contributed by atoms with Crippen LogP contribution in [0.4, 0.5) is 4.79 Å². The highest BCUT2D eigenvalue weighted by atomic mass is 16.6. The van der Waals surface area contributed by atoms with Gasteiger partial charge in [0.05, 0.1) is 18.8 Å². The van der Waals surface area contributed by atoms with Gasteiger partial charge in [0, 0.05) is 39.3 Å². The number of nitrogens with zero attached hydrogens (tertiary/aromatic N) is 2. The van der Waals surface area contributed by atoms with Crippen molar-refractivity contribution in [3.8, 4) is 0 Å². The monoisotopic (exact) mass is 399 g/mol. The lowest BCUT2D eigenvalue weighted by molar-refractivity contribution is 0.00751. The maximum absolute atomic E-state index is 12.0. The van der Waals surface area contributed by atoms with E-state index in [0.717, 1.165) is 38.8 Å². The van der Waals surface area contributed by atoms with E-state index in [1.54, 1.807) is 7.05 Å². The third-order valence-corrected chi connectivity index (χ3v) is 4.52. The van der Waals surface area contributed by atoms with Gasteiger partial charge in [-0.05, 0) is 40.5 Å². The molecule has 164 valence electrons. The number of hydrogen-bond acceptors (Lipinski definition) is 5. The maximum atomic E-state index is 12.0. The molecular formula is C20H41N5O3. The number of guanidine groups is 1. The zero-order valence-corrected chi connectivity index (χ0v) is 19.0. The highest BCUT2D eigenvalue weighted by Gasteiger charge is 2.26. The van der Waals surface area contributed by atoms with E-state index < -0.39 is 17.2 Å². The molecule has 8 nitrogen and oxygen atoms in total. The van der Waals surface area contributed by atoms with Crippen molar-refractivity contribution in [1.82, 2.24) is 20.9 Å². The lowest BCUT2D eigenvalue weighted by atomic mass is 10.0. The Hall–Kier alpha value is -1.54. The molecule has 1 aliphatic rings. The average molecular weight is 400 g/mol. The first-order valence-corrected chi connectivity index (χ1v) is 10.2. The van der Waals surface area contributed by atoms with Crippen LogP contribution >= 0.6 is 0 Å². The standard InChI is InChI=1S/C20H41N5O3/c1-15(2)16(25-9-11-27-12-10-25)13-22-17(21-8)23-14-20(6,7)24-18(26)28-19(3,4)5/h15-16H,9-14H2,1-8H3,(H,24,26)(H2,21,22,23). The molecule has 1 heterocycles. The molecule has 0 aromatic rings. The summed E-state index contributed by atoms with van der Waals surface area (Å²) in [5.41, 5.74) is -1.00. The summed E-state index contributed by atoms with van der Waals surface area (Å²) in [5, 5.41) is 9.62. The second-order valence-electron chi connectivity index (χ2n) is 9.28. The topological polar surface area (TPSA) is 87.2 Å². The molecule has 0 aromatic carbocycles. The number of nitrogens with one attached hydrogen (secondary N) is 3. The molecular weight excluding hydrogens is 358 g/mol. The Labute approximate surface area is 170 Å². The van der Waals surface area contributed by atoms with Gasteiger partial charge in [0.15, 0.2) is 5.96 Å². The van der Waals surface area contributed by atoms with E-state index in [1.807, 2.05) is 34.6 Å². The first-order chi connectivity index (χ1) is 12.9. The van der Waals surface area contributed by atoms with Crippen molar-refractivity contribution < 1.29 is 14.3 Å². The smallest absolute Gasteiger partial charge is 0.408 e. The fourth-order valence-electron chi connectivity index (χ4n) is 3.05. The molecule has 1 rings (SSSR count). The molecule has 1 unspecified atom stereocenters. The number of hydrogen-bond donors (Lipinski definition) is 3. The van der Waals surface area contributed by atoms with Crippen LogP contribution in [0.25, 0.3) is 0 Å². The second kappa shape index (κ2) is 10.9. The zero-order valence-electron chi connectivity index (χ0n) is 19.0. The molecule has 0 radical (unpaired) electrons. The summed E-state index contributed by atoms with van der Waals surface area (Å²) < 4.78 is 10.8. The van der Waals surface area contributed by atoms with Crippen molar-refractivity contribution >= 4 is 12.1 Å². The van der Waals surface area contributed by atoms with Gasteiger partial charge in [0.2, 0.25) is 0 Å². The highest BCUT2D eigenvalue weighted by Crippen LogP contribution is 2.12. The average Bonchev–Trinajstić information content (AvgIpc) is 2.56. The lowest BCUT2D eigenvalue weighted by Gasteiger charge is -2.37.